The van der Waals surface area contributed by atoms with Crippen LogP contribution >= 0.6 is 27.7 Å². The van der Waals surface area contributed by atoms with E-state index in [-0.39, 0.29) is 17.0 Å². The topological polar surface area (TPSA) is 66.0 Å². The molecule has 0 atom stereocenters. The molecule has 0 amide bonds. The van der Waals surface area contributed by atoms with Crippen LogP contribution in [0.15, 0.2) is 33.5 Å². The second-order valence-corrected chi connectivity index (χ2v) is 6.05. The fraction of sp³-hybridized carbons (Fsp3) is 0.231. The van der Waals surface area contributed by atoms with Gasteiger partial charge in [0.05, 0.1) is 5.75 Å². The molecule has 2 rings (SSSR count). The zero-order valence-corrected chi connectivity index (χ0v) is 12.7. The molecular formula is C13H13BrN2O2S. The molecule has 1 aromatic heterocycles. The van der Waals surface area contributed by atoms with Gasteiger partial charge in [0.1, 0.15) is 11.4 Å². The van der Waals surface area contributed by atoms with E-state index in [1.807, 2.05) is 13.0 Å². The average molecular weight is 341 g/mol. The molecule has 1 heterocycles. The largest absolute Gasteiger partial charge is 0.493 e. The van der Waals surface area contributed by atoms with Gasteiger partial charge in [0, 0.05) is 4.47 Å². The summed E-state index contributed by atoms with van der Waals surface area (Å²) in [5.41, 5.74) is 0.513. The number of benzene rings is 1. The van der Waals surface area contributed by atoms with Gasteiger partial charge in [-0.15, -0.1) is 0 Å². The van der Waals surface area contributed by atoms with Crippen molar-refractivity contribution < 1.29 is 5.11 Å². The molecule has 4 nitrogen and oxygen atoms in total. The predicted octanol–water partition coefficient (Wildman–Crippen LogP) is 3.16. The Kier molecular flexibility index (Phi) is 4.66. The van der Waals surface area contributed by atoms with Crippen molar-refractivity contribution in [1.29, 1.82) is 0 Å². The van der Waals surface area contributed by atoms with Crippen LogP contribution in [0, 0.1) is 0 Å². The summed E-state index contributed by atoms with van der Waals surface area (Å²) in [7, 11) is 0. The molecule has 2 N–H and O–H groups in total. The summed E-state index contributed by atoms with van der Waals surface area (Å²) < 4.78 is 0.842. The highest BCUT2D eigenvalue weighted by molar-refractivity contribution is 9.10. The molecule has 19 heavy (non-hydrogen) atoms. The minimum Gasteiger partial charge on any atom is -0.493 e. The Morgan fingerprint density at radius 2 is 2.26 bits per heavy atom. The Morgan fingerprint density at radius 1 is 1.47 bits per heavy atom. The predicted molar refractivity (Wildman–Crippen MR) is 81.5 cm³/mol. The number of nitrogens with zero attached hydrogens (tertiary/aromatic N) is 1. The molecule has 6 heteroatoms. The van der Waals surface area contributed by atoms with Gasteiger partial charge in [-0.2, -0.15) is 16.7 Å². The fourth-order valence-electron chi connectivity index (χ4n) is 1.68. The van der Waals surface area contributed by atoms with Gasteiger partial charge in [-0.1, -0.05) is 35.0 Å². The number of aromatic nitrogens is 2. The highest BCUT2D eigenvalue weighted by Crippen LogP contribution is 2.26. The highest BCUT2D eigenvalue weighted by atomic mass is 79.9. The van der Waals surface area contributed by atoms with Crippen LogP contribution in [0.5, 0.6) is 5.88 Å². The Hall–Kier alpha value is -1.27. The van der Waals surface area contributed by atoms with E-state index in [2.05, 4.69) is 25.9 Å². The lowest BCUT2D eigenvalue weighted by atomic mass is 10.1. The van der Waals surface area contributed by atoms with Crippen LogP contribution in [-0.2, 0) is 5.75 Å². The Morgan fingerprint density at radius 3 is 2.89 bits per heavy atom. The molecule has 0 aliphatic rings. The first-order valence-electron chi connectivity index (χ1n) is 5.77. The third-order valence-electron chi connectivity index (χ3n) is 2.51. The quantitative estimate of drug-likeness (QED) is 0.897. The summed E-state index contributed by atoms with van der Waals surface area (Å²) in [6.07, 6.45) is 0. The highest BCUT2D eigenvalue weighted by Gasteiger charge is 2.13. The number of H-pyrrole nitrogens is 1. The second kappa shape index (κ2) is 6.25. The van der Waals surface area contributed by atoms with E-state index in [0.29, 0.717) is 17.1 Å². The van der Waals surface area contributed by atoms with Crippen LogP contribution in [0.4, 0.5) is 0 Å². The van der Waals surface area contributed by atoms with Gasteiger partial charge in [-0.25, -0.2) is 0 Å². The molecule has 0 fully saturated rings. The van der Waals surface area contributed by atoms with Crippen molar-refractivity contribution in [2.75, 3.05) is 5.75 Å². The molecule has 0 spiro atoms. The first-order chi connectivity index (χ1) is 9.11. The van der Waals surface area contributed by atoms with E-state index in [9.17, 15) is 9.90 Å². The summed E-state index contributed by atoms with van der Waals surface area (Å²) in [4.78, 5) is 18.8. The molecular weight excluding hydrogens is 328 g/mol. The first-order valence-corrected chi connectivity index (χ1v) is 7.72. The Bertz CT molecular complexity index is 643. The van der Waals surface area contributed by atoms with Gasteiger partial charge >= 0.3 is 0 Å². The minimum atomic E-state index is -0.322. The number of aromatic hydroxyl groups is 1. The van der Waals surface area contributed by atoms with Gasteiger partial charge in [-0.05, 0) is 23.4 Å². The summed E-state index contributed by atoms with van der Waals surface area (Å²) in [6, 6.07) is 7.19. The smallest absolute Gasteiger partial charge is 0.262 e. The van der Waals surface area contributed by atoms with Crippen molar-refractivity contribution in [3.05, 3.63) is 44.9 Å². The molecule has 0 radical (unpaired) electrons. The summed E-state index contributed by atoms with van der Waals surface area (Å²) in [6.45, 7) is 2.03. The molecule has 0 saturated carbocycles. The van der Waals surface area contributed by atoms with Crippen molar-refractivity contribution in [1.82, 2.24) is 9.97 Å². The molecule has 1 aromatic carbocycles. The molecule has 100 valence electrons. The lowest BCUT2D eigenvalue weighted by molar-refractivity contribution is 0.451. The minimum absolute atomic E-state index is 0.201. The normalized spacial score (nSPS) is 10.6. The molecule has 0 saturated heterocycles. The molecule has 0 unspecified atom stereocenters. The molecule has 0 aliphatic heterocycles. The number of halogens is 1. The van der Waals surface area contributed by atoms with E-state index in [0.717, 1.165) is 10.2 Å². The standard InChI is InChI=1S/C13H13BrN2O2S/c1-2-19-7-10-15-12(17)11(13(18)16-10)8-4-3-5-9(14)6-8/h3-6H,2,7H2,1H3,(H2,15,16,17,18). The van der Waals surface area contributed by atoms with E-state index < -0.39 is 0 Å². The van der Waals surface area contributed by atoms with Crippen LogP contribution in [-0.4, -0.2) is 20.8 Å². The van der Waals surface area contributed by atoms with Crippen LogP contribution in [0.2, 0.25) is 0 Å². The van der Waals surface area contributed by atoms with Crippen molar-refractivity contribution in [3.8, 4) is 17.0 Å². The lowest BCUT2D eigenvalue weighted by Gasteiger charge is -2.06. The molecule has 0 aliphatic carbocycles. The number of hydrogen-bond acceptors (Lipinski definition) is 4. The third kappa shape index (κ3) is 3.39. The Balaban J connectivity index is 2.45. The fourth-order valence-corrected chi connectivity index (χ4v) is 2.61. The van der Waals surface area contributed by atoms with Crippen LogP contribution in [0.25, 0.3) is 11.1 Å². The molecule has 2 aromatic rings. The van der Waals surface area contributed by atoms with Gasteiger partial charge < -0.3 is 10.1 Å². The zero-order valence-electron chi connectivity index (χ0n) is 10.3. The maximum absolute atomic E-state index is 12.1. The second-order valence-electron chi connectivity index (χ2n) is 3.86. The number of hydrogen-bond donors (Lipinski definition) is 2. The first kappa shape index (κ1) is 14.1. The van der Waals surface area contributed by atoms with Crippen molar-refractivity contribution in [3.63, 3.8) is 0 Å². The van der Waals surface area contributed by atoms with Crippen molar-refractivity contribution >= 4 is 27.7 Å². The van der Waals surface area contributed by atoms with E-state index in [1.54, 1.807) is 30.0 Å². The maximum Gasteiger partial charge on any atom is 0.262 e. The van der Waals surface area contributed by atoms with Gasteiger partial charge in [0.2, 0.25) is 5.88 Å². The summed E-state index contributed by atoms with van der Waals surface area (Å²) in [5.74, 6) is 1.78. The number of nitrogens with one attached hydrogen (secondary N) is 1. The number of aromatic amines is 1. The zero-order chi connectivity index (χ0) is 13.8. The van der Waals surface area contributed by atoms with Gasteiger partial charge in [-0.3, -0.25) is 4.79 Å². The van der Waals surface area contributed by atoms with Crippen LogP contribution in [0.3, 0.4) is 0 Å². The van der Waals surface area contributed by atoms with Crippen LogP contribution < -0.4 is 5.56 Å². The summed E-state index contributed by atoms with van der Waals surface area (Å²) >= 11 is 4.97. The third-order valence-corrected chi connectivity index (χ3v) is 3.88. The van der Waals surface area contributed by atoms with Gasteiger partial charge in [0.25, 0.3) is 5.56 Å². The Labute approximate surface area is 123 Å². The number of thioether (sulfide) groups is 1. The van der Waals surface area contributed by atoms with Crippen molar-refractivity contribution in [2.24, 2.45) is 0 Å². The SMILES string of the molecule is CCSCc1nc(O)c(-c2cccc(Br)c2)c(=O)[nH]1. The number of rotatable bonds is 4. The van der Waals surface area contributed by atoms with E-state index in [4.69, 9.17) is 0 Å². The van der Waals surface area contributed by atoms with Gasteiger partial charge in [0.15, 0.2) is 0 Å². The van der Waals surface area contributed by atoms with E-state index in [1.165, 1.54) is 0 Å². The maximum atomic E-state index is 12.1. The summed E-state index contributed by atoms with van der Waals surface area (Å²) in [5, 5.41) is 9.96. The average Bonchev–Trinajstić information content (AvgIpc) is 2.35. The monoisotopic (exact) mass is 340 g/mol. The van der Waals surface area contributed by atoms with Crippen LogP contribution in [0.1, 0.15) is 12.7 Å². The lowest BCUT2D eigenvalue weighted by Crippen LogP contribution is -2.13. The van der Waals surface area contributed by atoms with Crippen molar-refractivity contribution in [2.45, 2.75) is 12.7 Å². The van der Waals surface area contributed by atoms with E-state index >= 15 is 0 Å². The molecule has 0 bridgehead atoms.